The van der Waals surface area contributed by atoms with Crippen molar-refractivity contribution in [1.82, 2.24) is 15.1 Å². The van der Waals surface area contributed by atoms with Gasteiger partial charge in [0.2, 0.25) is 0 Å². The molecule has 1 heterocycles. The molecule has 1 amide bonds. The van der Waals surface area contributed by atoms with Gasteiger partial charge >= 0.3 is 5.97 Å². The van der Waals surface area contributed by atoms with Crippen molar-refractivity contribution in [3.63, 3.8) is 0 Å². The molecule has 0 unspecified atom stereocenters. The van der Waals surface area contributed by atoms with Crippen molar-refractivity contribution in [2.45, 2.75) is 33.7 Å². The molecule has 6 heteroatoms. The molecule has 0 aliphatic carbocycles. The Bertz CT molecular complexity index is 471. The van der Waals surface area contributed by atoms with Crippen LogP contribution in [0.15, 0.2) is 6.07 Å². The van der Waals surface area contributed by atoms with Gasteiger partial charge in [0.1, 0.15) is 11.7 Å². The van der Waals surface area contributed by atoms with Crippen molar-refractivity contribution < 1.29 is 14.7 Å². The lowest BCUT2D eigenvalue weighted by Crippen LogP contribution is -2.49. The van der Waals surface area contributed by atoms with E-state index in [9.17, 15) is 9.59 Å². The van der Waals surface area contributed by atoms with Crippen LogP contribution in [0.4, 0.5) is 0 Å². The van der Waals surface area contributed by atoms with Crippen molar-refractivity contribution >= 4 is 11.9 Å². The lowest BCUT2D eigenvalue weighted by molar-refractivity contribution is -0.142. The number of aliphatic carboxylic acids is 1. The SMILES string of the molecule is Cc1cc(C(=O)N[C@H](C(=O)O)C(C)(C)C)n(C)n1. The molecule has 0 saturated carbocycles. The van der Waals surface area contributed by atoms with Crippen LogP contribution in [0.3, 0.4) is 0 Å². The number of nitrogens with one attached hydrogen (secondary N) is 1. The first-order chi connectivity index (χ1) is 8.12. The fourth-order valence-electron chi connectivity index (χ4n) is 1.68. The van der Waals surface area contributed by atoms with Crippen LogP contribution in [0.1, 0.15) is 37.0 Å². The average molecular weight is 253 g/mol. The lowest BCUT2D eigenvalue weighted by atomic mass is 9.86. The van der Waals surface area contributed by atoms with E-state index in [2.05, 4.69) is 10.4 Å². The minimum atomic E-state index is -1.05. The summed E-state index contributed by atoms with van der Waals surface area (Å²) >= 11 is 0. The van der Waals surface area contributed by atoms with Crippen molar-refractivity contribution in [2.75, 3.05) is 0 Å². The first-order valence-electron chi connectivity index (χ1n) is 5.67. The Kier molecular flexibility index (Phi) is 3.79. The van der Waals surface area contributed by atoms with Gasteiger partial charge in [-0.3, -0.25) is 9.48 Å². The zero-order valence-corrected chi connectivity index (χ0v) is 11.3. The number of aryl methyl sites for hydroxylation is 2. The predicted octanol–water partition coefficient (Wildman–Crippen LogP) is 0.958. The van der Waals surface area contributed by atoms with E-state index < -0.39 is 23.3 Å². The second-order valence-corrected chi connectivity index (χ2v) is 5.41. The Hall–Kier alpha value is -1.85. The molecule has 0 aromatic carbocycles. The molecule has 0 spiro atoms. The van der Waals surface area contributed by atoms with Crippen molar-refractivity contribution in [1.29, 1.82) is 0 Å². The van der Waals surface area contributed by atoms with Gasteiger partial charge < -0.3 is 10.4 Å². The molecule has 1 aromatic heterocycles. The molecule has 0 fully saturated rings. The van der Waals surface area contributed by atoms with Crippen molar-refractivity contribution in [3.05, 3.63) is 17.5 Å². The smallest absolute Gasteiger partial charge is 0.326 e. The Morgan fingerprint density at radius 3 is 2.33 bits per heavy atom. The van der Waals surface area contributed by atoms with Gasteiger partial charge in [-0.25, -0.2) is 4.79 Å². The van der Waals surface area contributed by atoms with E-state index >= 15 is 0 Å². The molecule has 0 radical (unpaired) electrons. The van der Waals surface area contributed by atoms with Crippen LogP contribution in [-0.4, -0.2) is 32.8 Å². The van der Waals surface area contributed by atoms with E-state index in [0.29, 0.717) is 11.4 Å². The number of nitrogens with zero attached hydrogens (tertiary/aromatic N) is 2. The Labute approximate surface area is 106 Å². The summed E-state index contributed by atoms with van der Waals surface area (Å²) in [6, 6.07) is 0.678. The number of hydrogen-bond acceptors (Lipinski definition) is 3. The minimum Gasteiger partial charge on any atom is -0.480 e. The molecule has 6 nitrogen and oxygen atoms in total. The number of rotatable bonds is 3. The molecule has 0 saturated heterocycles. The summed E-state index contributed by atoms with van der Waals surface area (Å²) in [7, 11) is 1.65. The summed E-state index contributed by atoms with van der Waals surface area (Å²) in [6.07, 6.45) is 0. The quantitative estimate of drug-likeness (QED) is 0.840. The number of amides is 1. The maximum Gasteiger partial charge on any atom is 0.326 e. The normalized spacial score (nSPS) is 13.2. The fraction of sp³-hybridized carbons (Fsp3) is 0.583. The van der Waals surface area contributed by atoms with Gasteiger partial charge in [-0.1, -0.05) is 20.8 Å². The standard InChI is InChI=1S/C12H19N3O3/c1-7-6-8(15(5)14-7)10(16)13-9(11(17)18)12(2,3)4/h6,9H,1-5H3,(H,13,16)(H,17,18)/t9-/m1/s1. The van der Waals surface area contributed by atoms with Gasteiger partial charge in [-0.2, -0.15) is 5.10 Å². The molecule has 0 aliphatic rings. The molecule has 0 aliphatic heterocycles. The van der Waals surface area contributed by atoms with Gasteiger partial charge in [0.05, 0.1) is 5.69 Å². The van der Waals surface area contributed by atoms with Crippen LogP contribution in [-0.2, 0) is 11.8 Å². The number of carbonyl (C=O) groups excluding carboxylic acids is 1. The molecule has 1 aromatic rings. The first-order valence-corrected chi connectivity index (χ1v) is 5.67. The number of aromatic nitrogens is 2. The van der Waals surface area contributed by atoms with Crippen LogP contribution < -0.4 is 5.32 Å². The maximum absolute atomic E-state index is 12.0. The minimum absolute atomic E-state index is 0.350. The van der Waals surface area contributed by atoms with E-state index in [-0.39, 0.29) is 0 Å². The Balaban J connectivity index is 2.93. The van der Waals surface area contributed by atoms with E-state index in [1.165, 1.54) is 4.68 Å². The largest absolute Gasteiger partial charge is 0.480 e. The van der Waals surface area contributed by atoms with Crippen LogP contribution in [0.25, 0.3) is 0 Å². The third kappa shape index (κ3) is 3.09. The third-order valence-electron chi connectivity index (χ3n) is 2.62. The molecule has 100 valence electrons. The van der Waals surface area contributed by atoms with E-state index in [1.807, 2.05) is 0 Å². The zero-order chi connectivity index (χ0) is 14.1. The monoisotopic (exact) mass is 253 g/mol. The van der Waals surface area contributed by atoms with Gasteiger partial charge in [-0.05, 0) is 18.4 Å². The van der Waals surface area contributed by atoms with Gasteiger partial charge in [0, 0.05) is 7.05 Å². The van der Waals surface area contributed by atoms with Crippen LogP contribution in [0, 0.1) is 12.3 Å². The second kappa shape index (κ2) is 4.80. The van der Waals surface area contributed by atoms with Crippen LogP contribution in [0.5, 0.6) is 0 Å². The molecule has 18 heavy (non-hydrogen) atoms. The third-order valence-corrected chi connectivity index (χ3v) is 2.62. The van der Waals surface area contributed by atoms with Gasteiger partial charge in [0.25, 0.3) is 5.91 Å². The number of hydrogen-bond donors (Lipinski definition) is 2. The number of carboxylic acid groups (broad SMARTS) is 1. The molecule has 0 bridgehead atoms. The summed E-state index contributed by atoms with van der Waals surface area (Å²) in [5.41, 5.74) is 0.503. The van der Waals surface area contributed by atoms with Gasteiger partial charge in [-0.15, -0.1) is 0 Å². The summed E-state index contributed by atoms with van der Waals surface area (Å²) in [4.78, 5) is 23.2. The Morgan fingerprint density at radius 1 is 1.44 bits per heavy atom. The highest BCUT2D eigenvalue weighted by atomic mass is 16.4. The molecule has 1 atom stereocenters. The fourth-order valence-corrected chi connectivity index (χ4v) is 1.68. The van der Waals surface area contributed by atoms with E-state index in [4.69, 9.17) is 5.11 Å². The summed E-state index contributed by atoms with van der Waals surface area (Å²) in [5.74, 6) is -1.48. The summed E-state index contributed by atoms with van der Waals surface area (Å²) in [6.45, 7) is 7.07. The van der Waals surface area contributed by atoms with Crippen molar-refractivity contribution in [3.8, 4) is 0 Å². The zero-order valence-electron chi connectivity index (χ0n) is 11.3. The number of carbonyl (C=O) groups is 2. The maximum atomic E-state index is 12.0. The molecule has 1 rings (SSSR count). The van der Waals surface area contributed by atoms with E-state index in [0.717, 1.165) is 0 Å². The predicted molar refractivity (Wildman–Crippen MR) is 66.3 cm³/mol. The highest BCUT2D eigenvalue weighted by Gasteiger charge is 2.33. The summed E-state index contributed by atoms with van der Waals surface area (Å²) < 4.78 is 1.44. The topological polar surface area (TPSA) is 84.2 Å². The molecular weight excluding hydrogens is 234 g/mol. The highest BCUT2D eigenvalue weighted by Crippen LogP contribution is 2.20. The summed E-state index contributed by atoms with van der Waals surface area (Å²) in [5, 5.41) is 15.7. The average Bonchev–Trinajstić information content (AvgIpc) is 2.51. The first kappa shape index (κ1) is 14.2. The van der Waals surface area contributed by atoms with Crippen LogP contribution in [0.2, 0.25) is 0 Å². The lowest BCUT2D eigenvalue weighted by Gasteiger charge is -2.27. The molecule has 2 N–H and O–H groups in total. The Morgan fingerprint density at radius 2 is 2.00 bits per heavy atom. The van der Waals surface area contributed by atoms with Gasteiger partial charge in [0.15, 0.2) is 0 Å². The second-order valence-electron chi connectivity index (χ2n) is 5.41. The number of carboxylic acids is 1. The van der Waals surface area contributed by atoms with Crippen molar-refractivity contribution in [2.24, 2.45) is 12.5 Å². The molecular formula is C12H19N3O3. The highest BCUT2D eigenvalue weighted by molar-refractivity contribution is 5.95. The van der Waals surface area contributed by atoms with Crippen LogP contribution >= 0.6 is 0 Å². The van der Waals surface area contributed by atoms with E-state index in [1.54, 1.807) is 40.8 Å².